The Balaban J connectivity index is 1.98. The number of aryl methyl sites for hydroxylation is 1. The van der Waals surface area contributed by atoms with Gasteiger partial charge in [-0.15, -0.1) is 0 Å². The number of ether oxygens (including phenoxy) is 1. The van der Waals surface area contributed by atoms with Gasteiger partial charge in [-0.2, -0.15) is 0 Å². The lowest BCUT2D eigenvalue weighted by Gasteiger charge is -2.09. The van der Waals surface area contributed by atoms with Gasteiger partial charge < -0.3 is 10.5 Å². The summed E-state index contributed by atoms with van der Waals surface area (Å²) in [6.45, 7) is 2.72. The molecule has 3 heteroatoms. The van der Waals surface area contributed by atoms with Gasteiger partial charge in [0, 0.05) is 15.7 Å². The second-order valence-corrected chi connectivity index (χ2v) is 5.39. The van der Waals surface area contributed by atoms with Crippen LogP contribution in [0.25, 0.3) is 0 Å². The molecule has 0 aliphatic heterocycles. The quantitative estimate of drug-likeness (QED) is 0.820. The highest BCUT2D eigenvalue weighted by Crippen LogP contribution is 2.22. The van der Waals surface area contributed by atoms with Crippen LogP contribution < -0.4 is 10.5 Å². The maximum Gasteiger partial charge on any atom is 0.119 e. The van der Waals surface area contributed by atoms with E-state index in [4.69, 9.17) is 10.5 Å². The Kier molecular flexibility index (Phi) is 4.86. The summed E-state index contributed by atoms with van der Waals surface area (Å²) in [6.07, 6.45) is 2.28. The third-order valence-electron chi connectivity index (χ3n) is 2.93. The van der Waals surface area contributed by atoms with Gasteiger partial charge in [-0.25, -0.2) is 0 Å². The Morgan fingerprint density at radius 1 is 1.11 bits per heavy atom. The highest BCUT2D eigenvalue weighted by molar-refractivity contribution is 9.10. The van der Waals surface area contributed by atoms with Crippen molar-refractivity contribution in [2.24, 2.45) is 0 Å². The van der Waals surface area contributed by atoms with E-state index in [9.17, 15) is 0 Å². The van der Waals surface area contributed by atoms with E-state index < -0.39 is 0 Å². The van der Waals surface area contributed by atoms with Crippen LogP contribution in [0.1, 0.15) is 24.5 Å². The lowest BCUT2D eigenvalue weighted by Crippen LogP contribution is -1.97. The van der Waals surface area contributed by atoms with Crippen LogP contribution >= 0.6 is 15.9 Å². The molecule has 0 bridgehead atoms. The second kappa shape index (κ2) is 6.62. The standard InChI is InChI=1S/C16H18BrNO/c1-2-3-12-4-8-15(9-5-12)19-11-13-6-7-14(18)10-16(13)17/h4-10H,2-3,11,18H2,1H3. The molecule has 0 aliphatic rings. The van der Waals surface area contributed by atoms with Crippen molar-refractivity contribution in [1.29, 1.82) is 0 Å². The zero-order valence-electron chi connectivity index (χ0n) is 11.0. The first-order valence-electron chi connectivity index (χ1n) is 6.44. The maximum atomic E-state index is 5.78. The molecule has 0 spiro atoms. The van der Waals surface area contributed by atoms with Crippen molar-refractivity contribution in [3.8, 4) is 5.75 Å². The molecule has 19 heavy (non-hydrogen) atoms. The van der Waals surface area contributed by atoms with E-state index in [-0.39, 0.29) is 0 Å². The van der Waals surface area contributed by atoms with Gasteiger partial charge in [0.15, 0.2) is 0 Å². The molecular weight excluding hydrogens is 302 g/mol. The maximum absolute atomic E-state index is 5.78. The zero-order valence-corrected chi connectivity index (χ0v) is 12.6. The number of rotatable bonds is 5. The van der Waals surface area contributed by atoms with Crippen molar-refractivity contribution < 1.29 is 4.74 Å². The number of anilines is 1. The SMILES string of the molecule is CCCc1ccc(OCc2ccc(N)cc2Br)cc1. The summed E-state index contributed by atoms with van der Waals surface area (Å²) in [4.78, 5) is 0. The third kappa shape index (κ3) is 4.00. The summed E-state index contributed by atoms with van der Waals surface area (Å²) in [7, 11) is 0. The predicted octanol–water partition coefficient (Wildman–Crippen LogP) is 4.56. The predicted molar refractivity (Wildman–Crippen MR) is 83.3 cm³/mol. The van der Waals surface area contributed by atoms with Gasteiger partial charge in [0.1, 0.15) is 12.4 Å². The molecule has 100 valence electrons. The monoisotopic (exact) mass is 319 g/mol. The third-order valence-corrected chi connectivity index (χ3v) is 3.67. The lowest BCUT2D eigenvalue weighted by molar-refractivity contribution is 0.305. The average molecular weight is 320 g/mol. The number of nitrogen functional groups attached to an aromatic ring is 1. The number of benzene rings is 2. The van der Waals surface area contributed by atoms with Crippen LogP contribution in [0.3, 0.4) is 0 Å². The fourth-order valence-electron chi connectivity index (χ4n) is 1.88. The Hall–Kier alpha value is -1.48. The van der Waals surface area contributed by atoms with E-state index >= 15 is 0 Å². The van der Waals surface area contributed by atoms with E-state index in [2.05, 4.69) is 35.0 Å². The number of hydrogen-bond donors (Lipinski definition) is 1. The topological polar surface area (TPSA) is 35.2 Å². The summed E-state index contributed by atoms with van der Waals surface area (Å²) < 4.78 is 6.76. The molecule has 0 unspecified atom stereocenters. The molecule has 0 aromatic heterocycles. The Labute approximate surface area is 122 Å². The molecule has 2 nitrogen and oxygen atoms in total. The van der Waals surface area contributed by atoms with Crippen LogP contribution in [0.15, 0.2) is 46.9 Å². The van der Waals surface area contributed by atoms with E-state index in [1.807, 2.05) is 30.3 Å². The van der Waals surface area contributed by atoms with Crippen LogP contribution in [0.2, 0.25) is 0 Å². The minimum atomic E-state index is 0.536. The van der Waals surface area contributed by atoms with Crippen molar-refractivity contribution in [2.45, 2.75) is 26.4 Å². The fourth-order valence-corrected chi connectivity index (χ4v) is 2.39. The van der Waals surface area contributed by atoms with Crippen molar-refractivity contribution in [2.75, 3.05) is 5.73 Å². The Bertz CT molecular complexity index is 537. The van der Waals surface area contributed by atoms with E-state index in [1.54, 1.807) is 0 Å². The first-order chi connectivity index (χ1) is 9.19. The van der Waals surface area contributed by atoms with Gasteiger partial charge in [-0.3, -0.25) is 0 Å². The minimum absolute atomic E-state index is 0.536. The number of halogens is 1. The molecular formula is C16H18BrNO. The molecule has 0 fully saturated rings. The molecule has 0 atom stereocenters. The summed E-state index contributed by atoms with van der Waals surface area (Å²) in [6, 6.07) is 14.0. The summed E-state index contributed by atoms with van der Waals surface area (Å²) in [5, 5.41) is 0. The van der Waals surface area contributed by atoms with Gasteiger partial charge in [0.25, 0.3) is 0 Å². The largest absolute Gasteiger partial charge is 0.489 e. The van der Waals surface area contributed by atoms with Crippen molar-refractivity contribution in [3.05, 3.63) is 58.1 Å². The average Bonchev–Trinajstić information content (AvgIpc) is 2.40. The summed E-state index contributed by atoms with van der Waals surface area (Å²) >= 11 is 3.49. The summed E-state index contributed by atoms with van der Waals surface area (Å²) in [5.41, 5.74) is 8.90. The van der Waals surface area contributed by atoms with E-state index in [0.717, 1.165) is 27.9 Å². The van der Waals surface area contributed by atoms with Gasteiger partial charge in [-0.1, -0.05) is 47.5 Å². The molecule has 2 N–H and O–H groups in total. The van der Waals surface area contributed by atoms with Crippen LogP contribution in [-0.2, 0) is 13.0 Å². The van der Waals surface area contributed by atoms with Gasteiger partial charge in [0.2, 0.25) is 0 Å². The minimum Gasteiger partial charge on any atom is -0.489 e. The molecule has 0 saturated carbocycles. The number of hydrogen-bond acceptors (Lipinski definition) is 2. The molecule has 0 saturated heterocycles. The first-order valence-corrected chi connectivity index (χ1v) is 7.24. The highest BCUT2D eigenvalue weighted by Gasteiger charge is 2.02. The molecule has 0 aliphatic carbocycles. The Morgan fingerprint density at radius 2 is 1.84 bits per heavy atom. The number of nitrogens with two attached hydrogens (primary N) is 1. The molecule has 0 heterocycles. The lowest BCUT2D eigenvalue weighted by atomic mass is 10.1. The summed E-state index contributed by atoms with van der Waals surface area (Å²) in [5.74, 6) is 0.892. The van der Waals surface area contributed by atoms with E-state index in [0.29, 0.717) is 6.61 Å². The van der Waals surface area contributed by atoms with E-state index in [1.165, 1.54) is 12.0 Å². The molecule has 2 rings (SSSR count). The normalized spacial score (nSPS) is 10.4. The zero-order chi connectivity index (χ0) is 13.7. The smallest absolute Gasteiger partial charge is 0.119 e. The van der Waals surface area contributed by atoms with Crippen molar-refractivity contribution >= 4 is 21.6 Å². The van der Waals surface area contributed by atoms with Crippen molar-refractivity contribution in [1.82, 2.24) is 0 Å². The van der Waals surface area contributed by atoms with Crippen LogP contribution in [0, 0.1) is 0 Å². The molecule has 2 aromatic rings. The molecule has 0 amide bonds. The van der Waals surface area contributed by atoms with Crippen LogP contribution in [0.5, 0.6) is 5.75 Å². The fraction of sp³-hybridized carbons (Fsp3) is 0.250. The van der Waals surface area contributed by atoms with Crippen molar-refractivity contribution in [3.63, 3.8) is 0 Å². The highest BCUT2D eigenvalue weighted by atomic mass is 79.9. The second-order valence-electron chi connectivity index (χ2n) is 4.53. The van der Waals surface area contributed by atoms with Gasteiger partial charge in [0.05, 0.1) is 0 Å². The van der Waals surface area contributed by atoms with Crippen LogP contribution in [-0.4, -0.2) is 0 Å². The Morgan fingerprint density at radius 3 is 2.47 bits per heavy atom. The first kappa shape index (κ1) is 13.9. The molecule has 0 radical (unpaired) electrons. The van der Waals surface area contributed by atoms with Gasteiger partial charge >= 0.3 is 0 Å². The van der Waals surface area contributed by atoms with Gasteiger partial charge in [-0.05, 0) is 36.2 Å². The van der Waals surface area contributed by atoms with Crippen LogP contribution in [0.4, 0.5) is 5.69 Å². The molecule has 2 aromatic carbocycles.